The van der Waals surface area contributed by atoms with E-state index >= 15 is 0 Å². The van der Waals surface area contributed by atoms with E-state index in [4.69, 9.17) is 18.0 Å². The molecular weight excluding hydrogens is 412 g/mol. The van der Waals surface area contributed by atoms with Gasteiger partial charge in [-0.05, 0) is 48.0 Å². The highest BCUT2D eigenvalue weighted by Gasteiger charge is 2.40. The van der Waals surface area contributed by atoms with E-state index in [1.807, 2.05) is 13.2 Å². The summed E-state index contributed by atoms with van der Waals surface area (Å²) in [6, 6.07) is 1.68. The second-order valence-corrected chi connectivity index (χ2v) is 11.1. The van der Waals surface area contributed by atoms with Crippen LogP contribution in [0.1, 0.15) is 17.7 Å². The molecule has 2 rings (SSSR count). The Morgan fingerprint density at radius 2 is 2.10 bits per heavy atom. The maximum absolute atomic E-state index is 12.7. The fraction of sp³-hybridized carbons (Fsp3) is 0.583. The summed E-state index contributed by atoms with van der Waals surface area (Å²) >= 11 is 11.6. The molecule has 2 N–H and O–H groups in total. The molecule has 0 atom stereocenters. The zero-order valence-corrected chi connectivity index (χ0v) is 16.6. The summed E-state index contributed by atoms with van der Waals surface area (Å²) in [5.74, 6) is 0. The molecule has 21 heavy (non-hydrogen) atoms. The van der Waals surface area contributed by atoms with Crippen molar-refractivity contribution in [2.75, 3.05) is 19.3 Å². The summed E-state index contributed by atoms with van der Waals surface area (Å²) in [5.41, 5.74) is 5.84. The van der Waals surface area contributed by atoms with Gasteiger partial charge in [-0.2, -0.15) is 16.1 Å². The van der Waals surface area contributed by atoms with Crippen molar-refractivity contribution in [3.05, 3.63) is 14.7 Å². The van der Waals surface area contributed by atoms with E-state index in [0.717, 1.165) is 8.66 Å². The third kappa shape index (κ3) is 3.32. The number of thiophene rings is 1. The molecule has 1 aliphatic rings. The van der Waals surface area contributed by atoms with Crippen LogP contribution in [0, 0.1) is 6.92 Å². The largest absolute Gasteiger partial charge is 0.392 e. The molecule has 1 aromatic heterocycles. The number of halogens is 1. The number of sulfonamides is 1. The van der Waals surface area contributed by atoms with Crippen molar-refractivity contribution in [2.45, 2.75) is 29.4 Å². The Bertz CT molecular complexity index is 648. The fourth-order valence-electron chi connectivity index (χ4n) is 2.46. The minimum atomic E-state index is -3.44. The number of nitrogens with zero attached hydrogens (tertiary/aromatic N) is 1. The Hall–Kier alpha value is 0.330. The normalized spacial score (nSPS) is 19.6. The lowest BCUT2D eigenvalue weighted by Gasteiger charge is -2.39. The highest BCUT2D eigenvalue weighted by atomic mass is 79.9. The molecule has 4 nitrogen and oxygen atoms in total. The third-order valence-corrected chi connectivity index (χ3v) is 9.47. The molecule has 1 aromatic rings. The van der Waals surface area contributed by atoms with Gasteiger partial charge in [-0.15, -0.1) is 11.3 Å². The van der Waals surface area contributed by atoms with Gasteiger partial charge in [0, 0.05) is 18.0 Å². The first kappa shape index (κ1) is 17.7. The number of thiocarbonyl (C=S) groups is 1. The average Bonchev–Trinajstić information content (AvgIpc) is 2.78. The molecule has 0 spiro atoms. The zero-order valence-electron chi connectivity index (χ0n) is 11.8. The molecule has 0 radical (unpaired) electrons. The van der Waals surface area contributed by atoms with Crippen molar-refractivity contribution in [1.29, 1.82) is 0 Å². The Morgan fingerprint density at radius 3 is 2.48 bits per heavy atom. The molecule has 118 valence electrons. The lowest BCUT2D eigenvalue weighted by atomic mass is 9.97. The monoisotopic (exact) mass is 428 g/mol. The molecule has 0 aliphatic carbocycles. The molecule has 1 saturated heterocycles. The molecule has 9 heteroatoms. The van der Waals surface area contributed by atoms with Crippen LogP contribution in [0.25, 0.3) is 0 Å². The third-order valence-electron chi connectivity index (χ3n) is 3.83. The predicted molar refractivity (Wildman–Crippen MR) is 97.8 cm³/mol. The number of aryl methyl sites for hydroxylation is 1. The number of piperidine rings is 1. The van der Waals surface area contributed by atoms with Crippen molar-refractivity contribution >= 4 is 66.3 Å². The number of thioether (sulfide) groups is 1. The maximum atomic E-state index is 12.7. The standard InChI is InChI=1S/C12H17BrN2O2S4/c1-8-9(7-10(13)20-8)21(16,17)15-5-3-12(19-2,4-6-15)11(14)18/h7H,3-6H2,1-2H3,(H2,14,18). The van der Waals surface area contributed by atoms with Gasteiger partial charge in [-0.1, -0.05) is 12.2 Å². The lowest BCUT2D eigenvalue weighted by Crippen LogP contribution is -2.50. The van der Waals surface area contributed by atoms with Gasteiger partial charge >= 0.3 is 0 Å². The van der Waals surface area contributed by atoms with Gasteiger partial charge in [-0.25, -0.2) is 8.42 Å². The molecule has 2 heterocycles. The van der Waals surface area contributed by atoms with Crippen molar-refractivity contribution in [3.8, 4) is 0 Å². The first-order chi connectivity index (χ1) is 9.73. The van der Waals surface area contributed by atoms with Crippen LogP contribution in [0.15, 0.2) is 14.7 Å². The highest BCUT2D eigenvalue weighted by molar-refractivity contribution is 9.11. The van der Waals surface area contributed by atoms with Crippen molar-refractivity contribution < 1.29 is 8.42 Å². The van der Waals surface area contributed by atoms with E-state index in [-0.39, 0.29) is 4.75 Å². The molecule has 0 aromatic carbocycles. The summed E-state index contributed by atoms with van der Waals surface area (Å²) in [5, 5.41) is 0. The first-order valence-corrected chi connectivity index (χ1v) is 11.0. The summed E-state index contributed by atoms with van der Waals surface area (Å²) in [7, 11) is -3.44. The van der Waals surface area contributed by atoms with Crippen LogP contribution in [0.2, 0.25) is 0 Å². The van der Waals surface area contributed by atoms with E-state index in [0.29, 0.717) is 35.8 Å². The molecule has 0 saturated carbocycles. The lowest BCUT2D eigenvalue weighted by molar-refractivity contribution is 0.333. The van der Waals surface area contributed by atoms with Gasteiger partial charge in [0.2, 0.25) is 10.0 Å². The van der Waals surface area contributed by atoms with Crippen molar-refractivity contribution in [3.63, 3.8) is 0 Å². The average molecular weight is 429 g/mol. The number of rotatable bonds is 4. The SMILES string of the molecule is CSC1(C(N)=S)CCN(S(=O)(=O)c2cc(Br)sc2C)CC1. The number of hydrogen-bond acceptors (Lipinski definition) is 5. The molecule has 1 aliphatic heterocycles. The Balaban J connectivity index is 2.22. The van der Waals surface area contributed by atoms with Gasteiger partial charge in [0.05, 0.1) is 18.4 Å². The van der Waals surface area contributed by atoms with Gasteiger partial charge in [0.1, 0.15) is 0 Å². The molecule has 0 bridgehead atoms. The van der Waals surface area contributed by atoms with Gasteiger partial charge < -0.3 is 5.73 Å². The summed E-state index contributed by atoms with van der Waals surface area (Å²) < 4.78 is 27.6. The van der Waals surface area contributed by atoms with Crippen LogP contribution in [-0.2, 0) is 10.0 Å². The van der Waals surface area contributed by atoms with E-state index in [9.17, 15) is 8.42 Å². The second-order valence-electron chi connectivity index (χ2n) is 4.94. The zero-order chi connectivity index (χ0) is 15.8. The molecule has 0 amide bonds. The quantitative estimate of drug-likeness (QED) is 0.746. The van der Waals surface area contributed by atoms with Gasteiger partial charge in [-0.3, -0.25) is 0 Å². The summed E-state index contributed by atoms with van der Waals surface area (Å²) in [6.45, 7) is 2.73. The molecule has 1 fully saturated rings. The van der Waals surface area contributed by atoms with E-state index in [1.54, 1.807) is 22.1 Å². The van der Waals surface area contributed by atoms with Crippen LogP contribution in [0.3, 0.4) is 0 Å². The Morgan fingerprint density at radius 1 is 1.52 bits per heavy atom. The first-order valence-electron chi connectivity index (χ1n) is 6.34. The minimum absolute atomic E-state index is 0.272. The number of nitrogens with two attached hydrogens (primary N) is 1. The summed E-state index contributed by atoms with van der Waals surface area (Å²) in [4.78, 5) is 1.67. The highest BCUT2D eigenvalue weighted by Crippen LogP contribution is 2.38. The van der Waals surface area contributed by atoms with Crippen LogP contribution in [0.4, 0.5) is 0 Å². The Labute approximate surface area is 147 Å². The number of hydrogen-bond donors (Lipinski definition) is 1. The maximum Gasteiger partial charge on any atom is 0.244 e. The van der Waals surface area contributed by atoms with Crippen LogP contribution < -0.4 is 5.73 Å². The molecular formula is C12H17BrN2O2S4. The fourth-order valence-corrected chi connectivity index (χ4v) is 7.54. The van der Waals surface area contributed by atoms with Crippen LogP contribution >= 0.6 is 51.2 Å². The van der Waals surface area contributed by atoms with Gasteiger partial charge in [0.25, 0.3) is 0 Å². The summed E-state index contributed by atoms with van der Waals surface area (Å²) in [6.07, 6.45) is 3.30. The van der Waals surface area contributed by atoms with E-state index in [1.165, 1.54) is 11.3 Å². The van der Waals surface area contributed by atoms with E-state index < -0.39 is 10.0 Å². The van der Waals surface area contributed by atoms with Crippen molar-refractivity contribution in [1.82, 2.24) is 4.31 Å². The van der Waals surface area contributed by atoms with E-state index in [2.05, 4.69) is 15.9 Å². The van der Waals surface area contributed by atoms with Crippen molar-refractivity contribution in [2.24, 2.45) is 5.73 Å². The minimum Gasteiger partial charge on any atom is -0.392 e. The smallest absolute Gasteiger partial charge is 0.244 e. The van der Waals surface area contributed by atoms with Gasteiger partial charge in [0.15, 0.2) is 0 Å². The topological polar surface area (TPSA) is 63.4 Å². The predicted octanol–water partition coefficient (Wildman–Crippen LogP) is 2.99. The van der Waals surface area contributed by atoms with Crippen LogP contribution in [-0.4, -0.2) is 41.8 Å². The van der Waals surface area contributed by atoms with Crippen LogP contribution in [0.5, 0.6) is 0 Å². The Kier molecular flexibility index (Phi) is 5.43. The second kappa shape index (κ2) is 6.45. The molecule has 0 unspecified atom stereocenters.